The van der Waals surface area contributed by atoms with E-state index in [1.54, 1.807) is 10.7 Å². The fourth-order valence-electron chi connectivity index (χ4n) is 3.45. The lowest BCUT2D eigenvalue weighted by molar-refractivity contribution is 0.0947. The molecule has 1 aromatic carbocycles. The van der Waals surface area contributed by atoms with Crippen LogP contribution >= 0.6 is 0 Å². The summed E-state index contributed by atoms with van der Waals surface area (Å²) in [5.74, 6) is 0.485. The van der Waals surface area contributed by atoms with Crippen LogP contribution < -0.4 is 5.32 Å². The highest BCUT2D eigenvalue weighted by molar-refractivity contribution is 5.94. The van der Waals surface area contributed by atoms with Crippen molar-refractivity contribution >= 4 is 11.6 Å². The summed E-state index contributed by atoms with van der Waals surface area (Å²) in [5, 5.41) is 16.2. The van der Waals surface area contributed by atoms with Crippen molar-refractivity contribution < 1.29 is 4.79 Å². The zero-order valence-electron chi connectivity index (χ0n) is 15.1. The molecule has 7 nitrogen and oxygen atoms in total. The summed E-state index contributed by atoms with van der Waals surface area (Å²) in [5.41, 5.74) is 3.44. The van der Waals surface area contributed by atoms with Crippen molar-refractivity contribution in [2.45, 2.75) is 6.42 Å². The standard InChI is InChI=1S/C20H20N6O/c1-25-7-6-14(12-25)9-23-20(27)16-4-2-15(3-5-16)18-10-22-19-17(8-21)11-24-26(19)13-18/h2-5,10-11,13-14H,6-7,9,12H2,1H3,(H,23,27)/t14-/m1/s1. The first-order valence-corrected chi connectivity index (χ1v) is 8.94. The molecular formula is C20H20N6O. The summed E-state index contributed by atoms with van der Waals surface area (Å²) < 4.78 is 1.59. The van der Waals surface area contributed by atoms with Gasteiger partial charge in [-0.25, -0.2) is 9.50 Å². The largest absolute Gasteiger partial charge is 0.352 e. The van der Waals surface area contributed by atoms with Gasteiger partial charge in [0.25, 0.3) is 5.91 Å². The number of hydrogen-bond donors (Lipinski definition) is 1. The highest BCUT2D eigenvalue weighted by Crippen LogP contribution is 2.20. The number of rotatable bonds is 4. The minimum Gasteiger partial charge on any atom is -0.352 e. The van der Waals surface area contributed by atoms with Gasteiger partial charge in [0.2, 0.25) is 0 Å². The van der Waals surface area contributed by atoms with Gasteiger partial charge in [-0.2, -0.15) is 10.4 Å². The number of nitrogens with zero attached hydrogens (tertiary/aromatic N) is 5. The third kappa shape index (κ3) is 3.52. The number of hydrogen-bond acceptors (Lipinski definition) is 5. The van der Waals surface area contributed by atoms with Crippen molar-refractivity contribution in [3.05, 3.63) is 54.0 Å². The zero-order chi connectivity index (χ0) is 18.8. The Morgan fingerprint density at radius 1 is 1.30 bits per heavy atom. The first-order chi connectivity index (χ1) is 13.1. The second kappa shape index (κ2) is 7.17. The predicted molar refractivity (Wildman–Crippen MR) is 101 cm³/mol. The average Bonchev–Trinajstić information content (AvgIpc) is 3.31. The molecule has 1 aliphatic rings. The Morgan fingerprint density at radius 2 is 2.11 bits per heavy atom. The molecule has 0 aliphatic carbocycles. The van der Waals surface area contributed by atoms with Gasteiger partial charge in [-0.3, -0.25) is 4.79 Å². The molecule has 7 heteroatoms. The van der Waals surface area contributed by atoms with Crippen molar-refractivity contribution in [1.29, 1.82) is 5.26 Å². The van der Waals surface area contributed by atoms with Crippen LogP contribution in [0.25, 0.3) is 16.8 Å². The Bertz CT molecular complexity index is 1020. The van der Waals surface area contributed by atoms with E-state index in [2.05, 4.69) is 33.4 Å². The van der Waals surface area contributed by atoms with Crippen molar-refractivity contribution in [3.63, 3.8) is 0 Å². The highest BCUT2D eigenvalue weighted by atomic mass is 16.1. The maximum absolute atomic E-state index is 12.4. The van der Waals surface area contributed by atoms with Gasteiger partial charge in [0.1, 0.15) is 11.6 Å². The first kappa shape index (κ1) is 17.2. The summed E-state index contributed by atoms with van der Waals surface area (Å²) in [6.45, 7) is 2.85. The maximum atomic E-state index is 12.4. The van der Waals surface area contributed by atoms with Gasteiger partial charge >= 0.3 is 0 Å². The Kier molecular flexibility index (Phi) is 4.57. The molecule has 4 rings (SSSR count). The van der Waals surface area contributed by atoms with E-state index in [0.717, 1.165) is 30.6 Å². The van der Waals surface area contributed by atoms with E-state index in [9.17, 15) is 4.79 Å². The fourth-order valence-corrected chi connectivity index (χ4v) is 3.45. The zero-order valence-corrected chi connectivity index (χ0v) is 15.1. The lowest BCUT2D eigenvalue weighted by Gasteiger charge is -2.12. The van der Waals surface area contributed by atoms with E-state index in [1.807, 2.05) is 30.5 Å². The van der Waals surface area contributed by atoms with E-state index in [1.165, 1.54) is 6.20 Å². The number of benzene rings is 1. The van der Waals surface area contributed by atoms with Gasteiger partial charge in [0.05, 0.1) is 6.20 Å². The molecule has 1 atom stereocenters. The highest BCUT2D eigenvalue weighted by Gasteiger charge is 2.20. The molecular weight excluding hydrogens is 340 g/mol. The predicted octanol–water partition coefficient (Wildman–Crippen LogP) is 1.95. The minimum atomic E-state index is -0.0459. The molecule has 0 saturated carbocycles. The van der Waals surface area contributed by atoms with E-state index >= 15 is 0 Å². The number of likely N-dealkylation sites (tertiary alicyclic amines) is 1. The van der Waals surface area contributed by atoms with Crippen molar-refractivity contribution in [1.82, 2.24) is 24.8 Å². The number of aromatic nitrogens is 3. The van der Waals surface area contributed by atoms with Crippen LogP contribution in [-0.4, -0.2) is 52.1 Å². The number of amides is 1. The fraction of sp³-hybridized carbons (Fsp3) is 0.300. The number of carbonyl (C=O) groups is 1. The average molecular weight is 360 g/mol. The van der Waals surface area contributed by atoms with E-state index in [4.69, 9.17) is 5.26 Å². The minimum absolute atomic E-state index is 0.0459. The van der Waals surface area contributed by atoms with Gasteiger partial charge < -0.3 is 10.2 Å². The number of fused-ring (bicyclic) bond motifs is 1. The lowest BCUT2D eigenvalue weighted by Crippen LogP contribution is -2.30. The van der Waals surface area contributed by atoms with Crippen LogP contribution in [0.15, 0.2) is 42.9 Å². The molecule has 2 aromatic heterocycles. The summed E-state index contributed by atoms with van der Waals surface area (Å²) in [7, 11) is 2.11. The molecule has 0 unspecified atom stereocenters. The van der Waals surface area contributed by atoms with Gasteiger partial charge in [-0.15, -0.1) is 0 Å². The Hall–Kier alpha value is -3.24. The smallest absolute Gasteiger partial charge is 0.251 e. The quantitative estimate of drug-likeness (QED) is 0.768. The Balaban J connectivity index is 1.45. The summed E-state index contributed by atoms with van der Waals surface area (Å²) >= 11 is 0. The number of carbonyl (C=O) groups excluding carboxylic acids is 1. The van der Waals surface area contributed by atoms with Crippen LogP contribution in [-0.2, 0) is 0 Å². The van der Waals surface area contributed by atoms with Crippen LogP contribution in [0.5, 0.6) is 0 Å². The maximum Gasteiger partial charge on any atom is 0.251 e. The number of nitrogens with one attached hydrogen (secondary N) is 1. The van der Waals surface area contributed by atoms with Gasteiger partial charge in [-0.1, -0.05) is 12.1 Å². The Labute approximate surface area is 157 Å². The van der Waals surface area contributed by atoms with Gasteiger partial charge in [-0.05, 0) is 43.6 Å². The second-order valence-electron chi connectivity index (χ2n) is 6.99. The van der Waals surface area contributed by atoms with Crippen molar-refractivity contribution in [2.75, 3.05) is 26.7 Å². The third-order valence-corrected chi connectivity index (χ3v) is 5.00. The number of nitriles is 1. The summed E-state index contributed by atoms with van der Waals surface area (Å²) in [4.78, 5) is 19.0. The molecule has 3 aromatic rings. The van der Waals surface area contributed by atoms with Crippen LogP contribution in [0.4, 0.5) is 0 Å². The molecule has 1 aliphatic heterocycles. The van der Waals surface area contributed by atoms with E-state index < -0.39 is 0 Å². The SMILES string of the molecule is CN1CC[C@H](CNC(=O)c2ccc(-c3cnc4c(C#N)cnn4c3)cc2)C1. The van der Waals surface area contributed by atoms with Crippen LogP contribution in [0.2, 0.25) is 0 Å². The van der Waals surface area contributed by atoms with Crippen molar-refractivity contribution in [3.8, 4) is 17.2 Å². The molecule has 3 heterocycles. The van der Waals surface area contributed by atoms with Crippen LogP contribution in [0, 0.1) is 17.2 Å². The monoisotopic (exact) mass is 360 g/mol. The molecule has 1 saturated heterocycles. The third-order valence-electron chi connectivity index (χ3n) is 5.00. The molecule has 1 amide bonds. The molecule has 136 valence electrons. The topological polar surface area (TPSA) is 86.3 Å². The van der Waals surface area contributed by atoms with Gasteiger partial charge in [0, 0.05) is 36.6 Å². The second-order valence-corrected chi connectivity index (χ2v) is 6.99. The molecule has 1 N–H and O–H groups in total. The van der Waals surface area contributed by atoms with Crippen molar-refractivity contribution in [2.24, 2.45) is 5.92 Å². The summed E-state index contributed by atoms with van der Waals surface area (Å²) in [6, 6.07) is 9.51. The van der Waals surface area contributed by atoms with Crippen LogP contribution in [0.1, 0.15) is 22.3 Å². The molecule has 0 radical (unpaired) electrons. The first-order valence-electron chi connectivity index (χ1n) is 8.94. The van der Waals surface area contributed by atoms with Crippen LogP contribution in [0.3, 0.4) is 0 Å². The Morgan fingerprint density at radius 3 is 2.81 bits per heavy atom. The molecule has 1 fully saturated rings. The van der Waals surface area contributed by atoms with E-state index in [0.29, 0.717) is 29.2 Å². The normalized spacial score (nSPS) is 17.1. The molecule has 27 heavy (non-hydrogen) atoms. The van der Waals surface area contributed by atoms with E-state index in [-0.39, 0.29) is 5.91 Å². The molecule has 0 spiro atoms. The van der Waals surface area contributed by atoms with Gasteiger partial charge in [0.15, 0.2) is 5.65 Å². The molecule has 0 bridgehead atoms. The lowest BCUT2D eigenvalue weighted by atomic mass is 10.1. The summed E-state index contributed by atoms with van der Waals surface area (Å²) in [6.07, 6.45) is 6.17.